The van der Waals surface area contributed by atoms with E-state index in [2.05, 4.69) is 4.98 Å². The normalized spacial score (nSPS) is 17.8. The number of nitrogens with zero attached hydrogens (tertiary/aromatic N) is 2. The predicted molar refractivity (Wildman–Crippen MR) is 95.9 cm³/mol. The standard InChI is InChI=1S/C19H18N2O3S/c1-13-6-7-17-15(11-13)16(19-14(2)8-10-24-19)12-21(17)25(22,23)18-5-3-4-9-20-18/h3-9,11-12,19H,10H2,1-2H3. The van der Waals surface area contributed by atoms with Gasteiger partial charge in [0.05, 0.1) is 12.1 Å². The van der Waals surface area contributed by atoms with Gasteiger partial charge in [-0.3, -0.25) is 0 Å². The van der Waals surface area contributed by atoms with Crippen LogP contribution in [0.2, 0.25) is 0 Å². The first-order valence-corrected chi connectivity index (χ1v) is 9.49. The number of benzene rings is 1. The van der Waals surface area contributed by atoms with Crippen LogP contribution in [0.15, 0.2) is 65.5 Å². The van der Waals surface area contributed by atoms with Gasteiger partial charge >= 0.3 is 0 Å². The molecule has 1 unspecified atom stereocenters. The van der Waals surface area contributed by atoms with Crippen LogP contribution in [0.5, 0.6) is 0 Å². The summed E-state index contributed by atoms with van der Waals surface area (Å²) < 4.78 is 33.3. The van der Waals surface area contributed by atoms with Crippen molar-refractivity contribution in [2.45, 2.75) is 25.0 Å². The molecule has 0 aliphatic carbocycles. The molecule has 0 spiro atoms. The summed E-state index contributed by atoms with van der Waals surface area (Å²) in [7, 11) is -3.77. The van der Waals surface area contributed by atoms with Crippen LogP contribution in [-0.2, 0) is 14.8 Å². The summed E-state index contributed by atoms with van der Waals surface area (Å²) in [6.07, 6.45) is 4.96. The van der Waals surface area contributed by atoms with Crippen molar-refractivity contribution in [3.8, 4) is 0 Å². The molecular formula is C19H18N2O3S. The molecule has 5 nitrogen and oxygen atoms in total. The van der Waals surface area contributed by atoms with E-state index in [4.69, 9.17) is 4.74 Å². The summed E-state index contributed by atoms with van der Waals surface area (Å²) in [5, 5.41) is 0.915. The van der Waals surface area contributed by atoms with Gasteiger partial charge in [-0.2, -0.15) is 8.42 Å². The number of rotatable bonds is 3. The topological polar surface area (TPSA) is 61.2 Å². The summed E-state index contributed by atoms with van der Waals surface area (Å²) in [6.45, 7) is 4.54. The lowest BCUT2D eigenvalue weighted by Gasteiger charge is -2.11. The molecule has 1 atom stereocenters. The summed E-state index contributed by atoms with van der Waals surface area (Å²) in [4.78, 5) is 4.02. The fourth-order valence-corrected chi connectivity index (χ4v) is 4.51. The highest BCUT2D eigenvalue weighted by Gasteiger charge is 2.27. The molecule has 2 aromatic heterocycles. The SMILES string of the molecule is CC1=CCOC1c1cn(S(=O)(=O)c2ccccn2)c2ccc(C)cc12. The zero-order valence-electron chi connectivity index (χ0n) is 14.0. The van der Waals surface area contributed by atoms with Gasteiger partial charge in [-0.05, 0) is 43.7 Å². The van der Waals surface area contributed by atoms with Crippen LogP contribution in [0, 0.1) is 6.92 Å². The largest absolute Gasteiger partial charge is 0.365 e. The van der Waals surface area contributed by atoms with E-state index in [9.17, 15) is 8.42 Å². The molecule has 25 heavy (non-hydrogen) atoms. The Balaban J connectivity index is 1.98. The third-order valence-corrected chi connectivity index (χ3v) is 6.07. The first kappa shape index (κ1) is 16.1. The van der Waals surface area contributed by atoms with E-state index < -0.39 is 10.0 Å². The Morgan fingerprint density at radius 1 is 1.20 bits per heavy atom. The van der Waals surface area contributed by atoms with Crippen LogP contribution < -0.4 is 0 Å². The lowest BCUT2D eigenvalue weighted by molar-refractivity contribution is 0.124. The van der Waals surface area contributed by atoms with Gasteiger partial charge in [0.25, 0.3) is 10.0 Å². The number of ether oxygens (including phenoxy) is 1. The van der Waals surface area contributed by atoms with Gasteiger partial charge in [0, 0.05) is 23.3 Å². The Morgan fingerprint density at radius 3 is 2.72 bits per heavy atom. The second-order valence-corrected chi connectivity index (χ2v) is 8.00. The zero-order valence-corrected chi connectivity index (χ0v) is 14.8. The summed E-state index contributed by atoms with van der Waals surface area (Å²) in [5.41, 5.74) is 3.66. The number of hydrogen-bond acceptors (Lipinski definition) is 4. The molecule has 0 saturated carbocycles. The van der Waals surface area contributed by atoms with Crippen LogP contribution in [0.4, 0.5) is 0 Å². The fraction of sp³-hybridized carbons (Fsp3) is 0.211. The molecule has 3 heterocycles. The molecule has 1 aliphatic heterocycles. The second-order valence-electron chi connectivity index (χ2n) is 6.24. The van der Waals surface area contributed by atoms with Crippen molar-refractivity contribution < 1.29 is 13.2 Å². The average molecular weight is 354 g/mol. The minimum absolute atomic E-state index is 0.0265. The van der Waals surface area contributed by atoms with Crippen molar-refractivity contribution in [2.24, 2.45) is 0 Å². The Hall–Kier alpha value is -2.44. The molecule has 0 radical (unpaired) electrons. The molecular weight excluding hydrogens is 336 g/mol. The number of pyridine rings is 1. The summed E-state index contributed by atoms with van der Waals surface area (Å²) in [6, 6.07) is 10.6. The van der Waals surface area contributed by atoms with E-state index in [1.807, 2.05) is 38.1 Å². The fourth-order valence-electron chi connectivity index (χ4n) is 3.20. The molecule has 0 amide bonds. The second kappa shape index (κ2) is 5.82. The molecule has 3 aromatic rings. The van der Waals surface area contributed by atoms with E-state index in [0.29, 0.717) is 12.1 Å². The first-order chi connectivity index (χ1) is 12.0. The van der Waals surface area contributed by atoms with Crippen LogP contribution in [0.25, 0.3) is 10.9 Å². The first-order valence-electron chi connectivity index (χ1n) is 8.05. The van der Waals surface area contributed by atoms with Crippen LogP contribution in [0.3, 0.4) is 0 Å². The minimum Gasteiger partial charge on any atom is -0.365 e. The highest BCUT2D eigenvalue weighted by molar-refractivity contribution is 7.90. The lowest BCUT2D eigenvalue weighted by atomic mass is 10.0. The van der Waals surface area contributed by atoms with E-state index in [1.165, 1.54) is 16.2 Å². The maximum absolute atomic E-state index is 13.1. The predicted octanol–water partition coefficient (Wildman–Crippen LogP) is 3.60. The van der Waals surface area contributed by atoms with E-state index in [1.54, 1.807) is 18.3 Å². The van der Waals surface area contributed by atoms with Gasteiger partial charge in [-0.15, -0.1) is 0 Å². The summed E-state index contributed by atoms with van der Waals surface area (Å²) in [5.74, 6) is 0. The van der Waals surface area contributed by atoms with Gasteiger partial charge in [-0.25, -0.2) is 8.96 Å². The minimum atomic E-state index is -3.77. The Kier molecular flexibility index (Phi) is 3.74. The highest BCUT2D eigenvalue weighted by atomic mass is 32.2. The quantitative estimate of drug-likeness (QED) is 0.674. The van der Waals surface area contributed by atoms with Crippen molar-refractivity contribution in [2.75, 3.05) is 6.61 Å². The van der Waals surface area contributed by atoms with Gasteiger partial charge in [0.1, 0.15) is 6.10 Å². The van der Waals surface area contributed by atoms with Gasteiger partial charge in [0.2, 0.25) is 0 Å². The van der Waals surface area contributed by atoms with Crippen LogP contribution >= 0.6 is 0 Å². The maximum Gasteiger partial charge on any atom is 0.285 e. The van der Waals surface area contributed by atoms with Crippen LogP contribution in [-0.4, -0.2) is 24.0 Å². The van der Waals surface area contributed by atoms with Crippen molar-refractivity contribution >= 4 is 20.9 Å². The number of hydrogen-bond donors (Lipinski definition) is 0. The maximum atomic E-state index is 13.1. The van der Waals surface area contributed by atoms with Crippen molar-refractivity contribution in [1.29, 1.82) is 0 Å². The highest BCUT2D eigenvalue weighted by Crippen LogP contribution is 2.37. The molecule has 1 aromatic carbocycles. The molecule has 1 aliphatic rings. The van der Waals surface area contributed by atoms with Gasteiger partial charge in [-0.1, -0.05) is 23.8 Å². The smallest absolute Gasteiger partial charge is 0.285 e. The molecule has 0 fully saturated rings. The average Bonchev–Trinajstić information content (AvgIpc) is 3.19. The monoisotopic (exact) mass is 354 g/mol. The van der Waals surface area contributed by atoms with Gasteiger partial charge < -0.3 is 4.74 Å². The number of aromatic nitrogens is 2. The lowest BCUT2D eigenvalue weighted by Crippen LogP contribution is -2.13. The Morgan fingerprint density at radius 2 is 2.04 bits per heavy atom. The Bertz CT molecular complexity index is 1080. The van der Waals surface area contributed by atoms with E-state index in [-0.39, 0.29) is 11.1 Å². The van der Waals surface area contributed by atoms with Crippen LogP contribution in [0.1, 0.15) is 24.2 Å². The molecule has 0 N–H and O–H groups in total. The van der Waals surface area contributed by atoms with Crippen molar-refractivity contribution in [1.82, 2.24) is 8.96 Å². The summed E-state index contributed by atoms with van der Waals surface area (Å²) >= 11 is 0. The Labute approximate surface area is 146 Å². The van der Waals surface area contributed by atoms with Crippen molar-refractivity contribution in [3.63, 3.8) is 0 Å². The third-order valence-electron chi connectivity index (χ3n) is 4.48. The molecule has 4 rings (SSSR count). The molecule has 0 saturated heterocycles. The molecule has 128 valence electrons. The number of aryl methyl sites for hydroxylation is 1. The van der Waals surface area contributed by atoms with E-state index >= 15 is 0 Å². The van der Waals surface area contributed by atoms with E-state index in [0.717, 1.165) is 22.1 Å². The van der Waals surface area contributed by atoms with Gasteiger partial charge in [0.15, 0.2) is 5.03 Å². The van der Waals surface area contributed by atoms with Crippen molar-refractivity contribution in [3.05, 3.63) is 71.6 Å². The number of fused-ring (bicyclic) bond motifs is 1. The molecule has 0 bridgehead atoms. The molecule has 6 heteroatoms. The zero-order chi connectivity index (χ0) is 17.6. The third kappa shape index (κ3) is 2.58.